The maximum atomic E-state index is 11.0. The molecule has 6 nitrogen and oxygen atoms in total. The van der Waals surface area contributed by atoms with E-state index in [4.69, 9.17) is 4.42 Å². The number of hydrogen-bond donors (Lipinski definition) is 1. The van der Waals surface area contributed by atoms with Crippen LogP contribution in [0.4, 0.5) is 0 Å². The Balaban J connectivity index is 2.18. The lowest BCUT2D eigenvalue weighted by atomic mass is 10.1. The average molecular weight is 283 g/mol. The lowest BCUT2D eigenvalue weighted by molar-refractivity contribution is 0.557. The van der Waals surface area contributed by atoms with Crippen LogP contribution in [0.5, 0.6) is 0 Å². The summed E-state index contributed by atoms with van der Waals surface area (Å²) in [5.74, 6) is 0.775. The van der Waals surface area contributed by atoms with E-state index in [9.17, 15) is 8.42 Å². The predicted molar refractivity (Wildman–Crippen MR) is 72.2 cm³/mol. The van der Waals surface area contributed by atoms with Gasteiger partial charge in [0.1, 0.15) is 5.76 Å². The monoisotopic (exact) mass is 283 g/mol. The number of rotatable bonds is 5. The van der Waals surface area contributed by atoms with Crippen LogP contribution in [-0.4, -0.2) is 31.0 Å². The first-order valence-corrected chi connectivity index (χ1v) is 7.80. The smallest absolute Gasteiger partial charge is 0.208 e. The summed E-state index contributed by atoms with van der Waals surface area (Å²) in [5.41, 5.74) is 2.79. The molecule has 0 atom stereocenters. The molecule has 0 fully saturated rings. The van der Waals surface area contributed by atoms with E-state index >= 15 is 0 Å². The summed E-state index contributed by atoms with van der Waals surface area (Å²) in [4.78, 5) is 0. The Kier molecular flexibility index (Phi) is 3.77. The summed E-state index contributed by atoms with van der Waals surface area (Å²) in [6.07, 6.45) is 2.76. The number of sulfonamides is 1. The van der Waals surface area contributed by atoms with Crippen LogP contribution in [0.25, 0.3) is 11.3 Å². The van der Waals surface area contributed by atoms with Gasteiger partial charge in [0.25, 0.3) is 0 Å². The Labute approximate surface area is 112 Å². The van der Waals surface area contributed by atoms with Crippen LogP contribution in [0.15, 0.2) is 22.8 Å². The van der Waals surface area contributed by atoms with Crippen molar-refractivity contribution in [1.82, 2.24) is 14.5 Å². The van der Waals surface area contributed by atoms with Crippen molar-refractivity contribution in [1.29, 1.82) is 0 Å². The van der Waals surface area contributed by atoms with Crippen LogP contribution >= 0.6 is 0 Å². The molecule has 19 heavy (non-hydrogen) atoms. The molecule has 1 N–H and O–H groups in total. The molecule has 0 amide bonds. The van der Waals surface area contributed by atoms with Crippen molar-refractivity contribution in [3.63, 3.8) is 0 Å². The SMILES string of the molecule is Cc1nn(CCNS(C)(=O)=O)c(C)c1-c1ccco1. The summed E-state index contributed by atoms with van der Waals surface area (Å²) in [7, 11) is -3.16. The maximum Gasteiger partial charge on any atom is 0.208 e. The Morgan fingerprint density at radius 2 is 2.16 bits per heavy atom. The lowest BCUT2D eigenvalue weighted by Gasteiger charge is -2.05. The zero-order chi connectivity index (χ0) is 14.0. The Bertz CT molecular complexity index is 657. The van der Waals surface area contributed by atoms with Crippen molar-refractivity contribution in [2.45, 2.75) is 20.4 Å². The Morgan fingerprint density at radius 1 is 1.42 bits per heavy atom. The molecule has 2 aromatic rings. The van der Waals surface area contributed by atoms with Crippen LogP contribution in [0.3, 0.4) is 0 Å². The molecule has 0 aliphatic rings. The number of nitrogens with zero attached hydrogens (tertiary/aromatic N) is 2. The van der Waals surface area contributed by atoms with Gasteiger partial charge in [-0.25, -0.2) is 13.1 Å². The Morgan fingerprint density at radius 3 is 2.74 bits per heavy atom. The van der Waals surface area contributed by atoms with Gasteiger partial charge in [-0.05, 0) is 26.0 Å². The van der Waals surface area contributed by atoms with E-state index in [0.29, 0.717) is 13.1 Å². The maximum absolute atomic E-state index is 11.0. The van der Waals surface area contributed by atoms with Crippen molar-refractivity contribution in [2.24, 2.45) is 0 Å². The summed E-state index contributed by atoms with van der Waals surface area (Å²) >= 11 is 0. The molecule has 0 aromatic carbocycles. The van der Waals surface area contributed by atoms with Gasteiger partial charge in [0, 0.05) is 12.2 Å². The largest absolute Gasteiger partial charge is 0.464 e. The molecule has 2 aromatic heterocycles. The van der Waals surface area contributed by atoms with Gasteiger partial charge >= 0.3 is 0 Å². The second kappa shape index (κ2) is 5.18. The van der Waals surface area contributed by atoms with Crippen LogP contribution in [0.1, 0.15) is 11.4 Å². The molecule has 2 heterocycles. The first-order chi connectivity index (χ1) is 8.88. The van der Waals surface area contributed by atoms with Crippen LogP contribution < -0.4 is 4.72 Å². The minimum absolute atomic E-state index is 0.318. The number of nitrogens with one attached hydrogen (secondary N) is 1. The van der Waals surface area contributed by atoms with Crippen LogP contribution in [0, 0.1) is 13.8 Å². The highest BCUT2D eigenvalue weighted by atomic mass is 32.2. The number of aromatic nitrogens is 2. The van der Waals surface area contributed by atoms with E-state index < -0.39 is 10.0 Å². The highest BCUT2D eigenvalue weighted by Crippen LogP contribution is 2.26. The molecule has 0 spiro atoms. The highest BCUT2D eigenvalue weighted by molar-refractivity contribution is 7.88. The van der Waals surface area contributed by atoms with Gasteiger partial charge in [-0.3, -0.25) is 4.68 Å². The van der Waals surface area contributed by atoms with Gasteiger partial charge in [0.05, 0.1) is 30.3 Å². The van der Waals surface area contributed by atoms with Gasteiger partial charge in [-0.2, -0.15) is 5.10 Å². The summed E-state index contributed by atoms with van der Waals surface area (Å²) in [6, 6.07) is 3.72. The van der Waals surface area contributed by atoms with E-state index in [2.05, 4.69) is 9.82 Å². The van der Waals surface area contributed by atoms with E-state index in [0.717, 1.165) is 29.0 Å². The zero-order valence-electron chi connectivity index (χ0n) is 11.2. The number of aryl methyl sites for hydroxylation is 1. The first kappa shape index (κ1) is 13.8. The van der Waals surface area contributed by atoms with Crippen molar-refractivity contribution < 1.29 is 12.8 Å². The molecule has 0 bridgehead atoms. The third-order valence-corrected chi connectivity index (χ3v) is 3.57. The molecule has 0 saturated carbocycles. The zero-order valence-corrected chi connectivity index (χ0v) is 12.0. The summed E-state index contributed by atoms with van der Waals surface area (Å²) < 4.78 is 31.6. The minimum atomic E-state index is -3.16. The molecule has 0 aliphatic heterocycles. The van der Waals surface area contributed by atoms with Crippen molar-refractivity contribution in [3.05, 3.63) is 29.8 Å². The molecular formula is C12H17N3O3S. The molecular weight excluding hydrogens is 266 g/mol. The Hall–Kier alpha value is -1.60. The topological polar surface area (TPSA) is 77.1 Å². The predicted octanol–water partition coefficient (Wildman–Crippen LogP) is 1.31. The molecule has 2 rings (SSSR count). The quantitative estimate of drug-likeness (QED) is 0.897. The van der Waals surface area contributed by atoms with Gasteiger partial charge in [-0.1, -0.05) is 0 Å². The van der Waals surface area contributed by atoms with E-state index in [1.165, 1.54) is 0 Å². The van der Waals surface area contributed by atoms with Crippen LogP contribution in [-0.2, 0) is 16.6 Å². The molecule has 104 valence electrons. The van der Waals surface area contributed by atoms with E-state index in [1.54, 1.807) is 10.9 Å². The third kappa shape index (κ3) is 3.24. The van der Waals surface area contributed by atoms with E-state index in [1.807, 2.05) is 26.0 Å². The second-order valence-electron chi connectivity index (χ2n) is 4.41. The summed E-state index contributed by atoms with van der Waals surface area (Å²) in [6.45, 7) is 4.66. The molecule has 0 radical (unpaired) electrons. The molecule has 0 saturated heterocycles. The molecule has 0 unspecified atom stereocenters. The van der Waals surface area contributed by atoms with Crippen LogP contribution in [0.2, 0.25) is 0 Å². The van der Waals surface area contributed by atoms with E-state index in [-0.39, 0.29) is 0 Å². The fourth-order valence-electron chi connectivity index (χ4n) is 2.03. The van der Waals surface area contributed by atoms with Crippen molar-refractivity contribution >= 4 is 10.0 Å². The average Bonchev–Trinajstić information content (AvgIpc) is 2.87. The first-order valence-electron chi connectivity index (χ1n) is 5.91. The summed E-state index contributed by atoms with van der Waals surface area (Å²) in [5, 5.41) is 4.41. The van der Waals surface area contributed by atoms with Gasteiger partial charge in [0.15, 0.2) is 0 Å². The number of hydrogen-bond acceptors (Lipinski definition) is 4. The normalized spacial score (nSPS) is 11.9. The molecule has 7 heteroatoms. The number of furan rings is 1. The third-order valence-electron chi connectivity index (χ3n) is 2.84. The van der Waals surface area contributed by atoms with Gasteiger partial charge in [0.2, 0.25) is 10.0 Å². The fraction of sp³-hybridized carbons (Fsp3) is 0.417. The minimum Gasteiger partial charge on any atom is -0.464 e. The second-order valence-corrected chi connectivity index (χ2v) is 6.25. The van der Waals surface area contributed by atoms with Crippen molar-refractivity contribution in [3.8, 4) is 11.3 Å². The van der Waals surface area contributed by atoms with Gasteiger partial charge < -0.3 is 4.42 Å². The van der Waals surface area contributed by atoms with Gasteiger partial charge in [-0.15, -0.1) is 0 Å². The molecule has 0 aliphatic carbocycles. The fourth-order valence-corrected chi connectivity index (χ4v) is 2.49. The van der Waals surface area contributed by atoms with Crippen molar-refractivity contribution in [2.75, 3.05) is 12.8 Å². The highest BCUT2D eigenvalue weighted by Gasteiger charge is 2.15. The standard InChI is InChI=1S/C12H17N3O3S/c1-9-12(11-5-4-8-18-11)10(2)15(14-9)7-6-13-19(3,16)17/h4-5,8,13H,6-7H2,1-3H3. The lowest BCUT2D eigenvalue weighted by Crippen LogP contribution is -2.26.